The molecule has 3 fully saturated rings. The summed E-state index contributed by atoms with van der Waals surface area (Å²) in [5.74, 6) is -2.26. The maximum Gasteiger partial charge on any atom is 0.319 e. The summed E-state index contributed by atoms with van der Waals surface area (Å²) >= 11 is 0. The topological polar surface area (TPSA) is 111 Å². The van der Waals surface area contributed by atoms with Crippen molar-refractivity contribution in [3.05, 3.63) is 23.3 Å². The summed E-state index contributed by atoms with van der Waals surface area (Å²) in [5.41, 5.74) is -3.08. The molecular weight excluding hydrogens is 506 g/mol. The van der Waals surface area contributed by atoms with Gasteiger partial charge in [-0.05, 0) is 86.0 Å². The Morgan fingerprint density at radius 1 is 0.925 bits per heavy atom. The Labute approximate surface area is 237 Å². The largest absolute Gasteiger partial charge is 0.469 e. The molecule has 5 aliphatic rings. The Balaban J connectivity index is 1.72. The molecule has 40 heavy (non-hydrogen) atoms. The number of hydrogen-bond acceptors (Lipinski definition) is 7. The van der Waals surface area contributed by atoms with Crippen molar-refractivity contribution in [1.82, 2.24) is 0 Å². The van der Waals surface area contributed by atoms with E-state index in [1.807, 2.05) is 13.0 Å². The molecule has 5 aliphatic carbocycles. The van der Waals surface area contributed by atoms with Crippen molar-refractivity contribution >= 4 is 23.5 Å². The van der Waals surface area contributed by atoms with Gasteiger partial charge in [-0.1, -0.05) is 46.3 Å². The number of rotatable bonds is 2. The first-order chi connectivity index (χ1) is 18.5. The van der Waals surface area contributed by atoms with Gasteiger partial charge >= 0.3 is 11.9 Å². The molecule has 0 aliphatic heterocycles. The van der Waals surface area contributed by atoms with E-state index in [0.29, 0.717) is 25.7 Å². The molecule has 0 spiro atoms. The highest BCUT2D eigenvalue weighted by Crippen LogP contribution is 2.74. The van der Waals surface area contributed by atoms with E-state index < -0.39 is 44.7 Å². The lowest BCUT2D eigenvalue weighted by atomic mass is 9.34. The van der Waals surface area contributed by atoms with Crippen LogP contribution >= 0.6 is 0 Å². The highest BCUT2D eigenvalue weighted by atomic mass is 16.5. The summed E-state index contributed by atoms with van der Waals surface area (Å²) in [6.45, 7) is 12.5. The minimum absolute atomic E-state index is 0.00570. The van der Waals surface area contributed by atoms with Gasteiger partial charge in [0.05, 0.1) is 25.2 Å². The summed E-state index contributed by atoms with van der Waals surface area (Å²) in [5, 5.41) is 9.96. The summed E-state index contributed by atoms with van der Waals surface area (Å²) in [6, 6.07) is 2.04. The number of nitrogens with zero attached hydrogens (tertiary/aromatic N) is 1. The summed E-state index contributed by atoms with van der Waals surface area (Å²) in [6.07, 6.45) is 8.53. The predicted molar refractivity (Wildman–Crippen MR) is 147 cm³/mol. The monoisotopic (exact) mass is 549 g/mol. The molecule has 3 saturated carbocycles. The maximum absolute atomic E-state index is 14.5. The summed E-state index contributed by atoms with van der Waals surface area (Å²) < 4.78 is 10.5. The van der Waals surface area contributed by atoms with Gasteiger partial charge in [0.25, 0.3) is 0 Å². The molecule has 1 unspecified atom stereocenters. The third-order valence-corrected chi connectivity index (χ3v) is 12.8. The van der Waals surface area contributed by atoms with Crippen molar-refractivity contribution in [2.75, 3.05) is 14.2 Å². The van der Waals surface area contributed by atoms with E-state index in [0.717, 1.165) is 24.8 Å². The second-order valence-electron chi connectivity index (χ2n) is 14.9. The number of esters is 2. The molecule has 0 saturated heterocycles. The Hall–Kier alpha value is -2.75. The van der Waals surface area contributed by atoms with Crippen LogP contribution in [0.1, 0.15) is 86.5 Å². The number of carbonyl (C=O) groups is 4. The van der Waals surface area contributed by atoms with Gasteiger partial charge in [0.15, 0.2) is 11.6 Å². The van der Waals surface area contributed by atoms with Gasteiger partial charge in [-0.2, -0.15) is 5.26 Å². The third-order valence-electron chi connectivity index (χ3n) is 12.8. The highest BCUT2D eigenvalue weighted by Gasteiger charge is 2.72. The molecule has 0 heterocycles. The summed E-state index contributed by atoms with van der Waals surface area (Å²) in [4.78, 5) is 54.6. The van der Waals surface area contributed by atoms with Crippen LogP contribution in [0, 0.1) is 61.6 Å². The zero-order valence-corrected chi connectivity index (χ0v) is 25.2. The number of hydrogen-bond donors (Lipinski definition) is 0. The van der Waals surface area contributed by atoms with Crippen LogP contribution in [0.2, 0.25) is 0 Å². The number of methoxy groups -OCH3 is 2. The van der Waals surface area contributed by atoms with Crippen molar-refractivity contribution < 1.29 is 28.7 Å². The normalized spacial score (nSPS) is 45.3. The number of fused-ring (bicyclic) bond motifs is 7. The molecule has 0 aromatic carbocycles. The van der Waals surface area contributed by atoms with Gasteiger partial charge in [-0.15, -0.1) is 0 Å². The Kier molecular flexibility index (Phi) is 6.21. The van der Waals surface area contributed by atoms with E-state index in [1.165, 1.54) is 14.2 Å². The molecule has 8 atom stereocenters. The fourth-order valence-corrected chi connectivity index (χ4v) is 10.3. The van der Waals surface area contributed by atoms with Gasteiger partial charge in [0, 0.05) is 11.3 Å². The Morgan fingerprint density at radius 3 is 2.15 bits per heavy atom. The van der Waals surface area contributed by atoms with E-state index in [1.54, 1.807) is 19.1 Å². The molecule has 7 heteroatoms. The molecule has 7 nitrogen and oxygen atoms in total. The maximum atomic E-state index is 14.5. The van der Waals surface area contributed by atoms with Crippen LogP contribution in [0.3, 0.4) is 0 Å². The van der Waals surface area contributed by atoms with Crippen LogP contribution in [0.25, 0.3) is 0 Å². The van der Waals surface area contributed by atoms with Crippen LogP contribution in [-0.4, -0.2) is 37.7 Å². The minimum atomic E-state index is -1.52. The first kappa shape index (κ1) is 28.8. The van der Waals surface area contributed by atoms with Gasteiger partial charge in [-0.25, -0.2) is 0 Å². The molecule has 0 bridgehead atoms. The second-order valence-corrected chi connectivity index (χ2v) is 14.9. The van der Waals surface area contributed by atoms with E-state index in [2.05, 4.69) is 27.7 Å². The molecular formula is C33H43NO6. The SMILES string of the molecule is COC(=O)[C@]1(C)C(=O)C(C#N)=C[C@]2(C)C3=CC(=O)[C@@H]4[C@@H]5CC(C)(C)CC[C@]5(C(=O)OC)CC[C@@]4(C)[C@]3(C)CCC12. The van der Waals surface area contributed by atoms with Gasteiger partial charge in [0.1, 0.15) is 11.5 Å². The highest BCUT2D eigenvalue weighted by molar-refractivity contribution is 6.15. The fourth-order valence-electron chi connectivity index (χ4n) is 10.3. The van der Waals surface area contributed by atoms with Crippen molar-refractivity contribution in [1.29, 1.82) is 5.26 Å². The van der Waals surface area contributed by atoms with E-state index >= 15 is 0 Å². The van der Waals surface area contributed by atoms with Gasteiger partial charge < -0.3 is 9.47 Å². The van der Waals surface area contributed by atoms with Crippen molar-refractivity contribution in [3.8, 4) is 6.07 Å². The smallest absolute Gasteiger partial charge is 0.319 e. The van der Waals surface area contributed by atoms with E-state index in [4.69, 9.17) is 9.47 Å². The van der Waals surface area contributed by atoms with Crippen molar-refractivity contribution in [2.24, 2.45) is 50.2 Å². The van der Waals surface area contributed by atoms with Crippen molar-refractivity contribution in [2.45, 2.75) is 86.5 Å². The minimum Gasteiger partial charge on any atom is -0.469 e. The van der Waals surface area contributed by atoms with Crippen LogP contribution in [0.15, 0.2) is 23.3 Å². The lowest BCUT2D eigenvalue weighted by molar-refractivity contribution is -0.191. The quantitative estimate of drug-likeness (QED) is 0.329. The summed E-state index contributed by atoms with van der Waals surface area (Å²) in [7, 11) is 2.72. The average molecular weight is 550 g/mol. The zero-order chi connectivity index (χ0) is 29.7. The lowest BCUT2D eigenvalue weighted by Gasteiger charge is -2.68. The second kappa shape index (κ2) is 8.63. The molecule has 0 radical (unpaired) electrons. The molecule has 0 aromatic rings. The lowest BCUT2D eigenvalue weighted by Crippen LogP contribution is -2.66. The molecule has 0 aromatic heterocycles. The first-order valence-corrected chi connectivity index (χ1v) is 14.6. The van der Waals surface area contributed by atoms with Crippen molar-refractivity contribution in [3.63, 3.8) is 0 Å². The number of nitriles is 1. The van der Waals surface area contributed by atoms with Gasteiger partial charge in [-0.3, -0.25) is 19.2 Å². The predicted octanol–water partition coefficient (Wildman–Crippen LogP) is 5.53. The Morgan fingerprint density at radius 2 is 1.55 bits per heavy atom. The van der Waals surface area contributed by atoms with Crippen LogP contribution in [0.5, 0.6) is 0 Å². The fraction of sp³-hybridized carbons (Fsp3) is 0.727. The van der Waals surface area contributed by atoms with Crippen LogP contribution < -0.4 is 0 Å². The first-order valence-electron chi connectivity index (χ1n) is 14.6. The number of ketones is 2. The Bertz CT molecular complexity index is 1320. The third kappa shape index (κ3) is 3.28. The molecule has 5 rings (SSSR count). The zero-order valence-electron chi connectivity index (χ0n) is 25.2. The van der Waals surface area contributed by atoms with Crippen LogP contribution in [0.4, 0.5) is 0 Å². The standard InChI is InChI=1S/C33H43NO6/c1-28(2)11-13-33(27(38)40-8)14-12-31(5)24(20(33)17-28)21(35)15-23-29(3)16-19(18-34)25(36)32(6,26(37)39-7)22(29)9-10-30(23,31)4/h15-16,20,22,24H,9-14,17H2,1-8H3/t20-,22?,24-,29-,30+,31+,32-,33-/m0/s1. The number of Topliss-reactive ketones (excluding diaryl/α,β-unsaturated/α-hetero) is 1. The number of carbonyl (C=O) groups excluding carboxylic acids is 4. The molecule has 0 amide bonds. The van der Waals surface area contributed by atoms with Gasteiger partial charge in [0.2, 0.25) is 0 Å². The molecule has 0 N–H and O–H groups in total. The average Bonchev–Trinajstić information content (AvgIpc) is 2.90. The van der Waals surface area contributed by atoms with E-state index in [-0.39, 0.29) is 34.6 Å². The number of ether oxygens (including phenoxy) is 2. The van der Waals surface area contributed by atoms with Crippen LogP contribution in [-0.2, 0) is 28.7 Å². The molecule has 216 valence electrons. The van der Waals surface area contributed by atoms with E-state index in [9.17, 15) is 24.4 Å². The number of allylic oxidation sites excluding steroid dienone is 4.